The molecule has 0 bridgehead atoms. The van der Waals surface area contributed by atoms with Crippen LogP contribution in [0.2, 0.25) is 0 Å². The van der Waals surface area contributed by atoms with E-state index in [1.165, 1.54) is 21.4 Å². The van der Waals surface area contributed by atoms with Gasteiger partial charge in [-0.05, 0) is 42.3 Å². The fourth-order valence-electron chi connectivity index (χ4n) is 4.36. The average Bonchev–Trinajstić information content (AvgIpc) is 3.57. The summed E-state index contributed by atoms with van der Waals surface area (Å²) in [4.78, 5) is 52.7. The van der Waals surface area contributed by atoms with Gasteiger partial charge in [0.05, 0.1) is 37.6 Å². The first-order valence-corrected chi connectivity index (χ1v) is 12.8. The van der Waals surface area contributed by atoms with E-state index in [1.54, 1.807) is 29.2 Å². The van der Waals surface area contributed by atoms with Crippen LogP contribution >= 0.6 is 0 Å². The minimum Gasteiger partial charge on any atom is -0.480 e. The van der Waals surface area contributed by atoms with Gasteiger partial charge in [0.1, 0.15) is 5.78 Å². The molecule has 0 amide bonds. The molecule has 3 N–H and O–H groups in total. The molecule has 1 aromatic carbocycles. The van der Waals surface area contributed by atoms with Crippen molar-refractivity contribution in [2.45, 2.75) is 20.0 Å². The van der Waals surface area contributed by atoms with Crippen LogP contribution in [0.15, 0.2) is 67.0 Å². The van der Waals surface area contributed by atoms with E-state index in [0.717, 1.165) is 11.1 Å². The summed E-state index contributed by atoms with van der Waals surface area (Å²) in [6.45, 7) is 0.304. The first-order valence-electron chi connectivity index (χ1n) is 12.8. The van der Waals surface area contributed by atoms with E-state index < -0.39 is 31.0 Å². The van der Waals surface area contributed by atoms with E-state index in [4.69, 9.17) is 15.2 Å². The van der Waals surface area contributed by atoms with Crippen molar-refractivity contribution < 1.29 is 34.5 Å². The topological polar surface area (TPSA) is 184 Å². The number of hydrogen-bond acceptors (Lipinski definition) is 9. The minimum atomic E-state index is -1.15. The third-order valence-corrected chi connectivity index (χ3v) is 5.96. The largest absolute Gasteiger partial charge is 0.480 e. The highest BCUT2D eigenvalue weighted by Gasteiger charge is 2.18. The number of rotatable bonds is 15. The number of pyridine rings is 1. The van der Waals surface area contributed by atoms with Crippen molar-refractivity contribution in [3.63, 3.8) is 0 Å². The lowest BCUT2D eigenvalue weighted by molar-refractivity contribution is -0.142. The van der Waals surface area contributed by atoms with Crippen LogP contribution in [0.5, 0.6) is 0 Å². The number of benzene rings is 1. The monoisotopic (exact) mass is 575 g/mol. The Morgan fingerprint density at radius 1 is 0.667 bits per heavy atom. The summed E-state index contributed by atoms with van der Waals surface area (Å²) in [5.74, 6) is -2.63. The summed E-state index contributed by atoms with van der Waals surface area (Å²) >= 11 is 0. The molecule has 3 aromatic heterocycles. The molecule has 0 aliphatic heterocycles. The van der Waals surface area contributed by atoms with Crippen LogP contribution in [0, 0.1) is 0 Å². The lowest BCUT2D eigenvalue weighted by Gasteiger charge is -2.17. The van der Waals surface area contributed by atoms with Gasteiger partial charge in [-0.25, -0.2) is 14.3 Å². The van der Waals surface area contributed by atoms with Gasteiger partial charge in [-0.15, -0.1) is 0 Å². The van der Waals surface area contributed by atoms with Crippen molar-refractivity contribution >= 4 is 23.7 Å². The molecule has 0 saturated heterocycles. The summed E-state index contributed by atoms with van der Waals surface area (Å²) in [5.41, 5.74) is 2.72. The zero-order valence-corrected chi connectivity index (χ0v) is 22.7. The second-order valence-electron chi connectivity index (χ2n) is 9.62. The van der Waals surface area contributed by atoms with Crippen LogP contribution in [-0.2, 0) is 32.3 Å². The molecule has 0 radical (unpaired) electrons. The van der Waals surface area contributed by atoms with Crippen LogP contribution in [0.4, 0.5) is 0 Å². The lowest BCUT2D eigenvalue weighted by Crippen LogP contribution is -2.34. The van der Waals surface area contributed by atoms with Crippen LogP contribution in [0.25, 0.3) is 22.8 Å². The Labute approximate surface area is 240 Å². The maximum absolute atomic E-state index is 11.6. The molecular weight excluding hydrogens is 546 g/mol. The van der Waals surface area contributed by atoms with Crippen molar-refractivity contribution in [3.8, 4) is 22.8 Å². The zero-order chi connectivity index (χ0) is 30.2. The summed E-state index contributed by atoms with van der Waals surface area (Å²) in [5, 5.41) is 36.6. The molecule has 14 nitrogen and oxygen atoms in total. The molecule has 0 fully saturated rings. The highest BCUT2D eigenvalue weighted by molar-refractivity contribution is 5.78. The predicted molar refractivity (Wildman–Crippen MR) is 148 cm³/mol. The first kappa shape index (κ1) is 29.8. The van der Waals surface area contributed by atoms with Gasteiger partial charge >= 0.3 is 17.9 Å². The number of aromatic nitrogens is 5. The number of carbonyl (C=O) groups is 4. The molecule has 0 aliphatic rings. The fraction of sp³-hybridized carbons (Fsp3) is 0.250. The molecule has 0 saturated carbocycles. The first-order chi connectivity index (χ1) is 20.0. The minimum absolute atomic E-state index is 0.00640. The lowest BCUT2D eigenvalue weighted by atomic mass is 10.1. The normalized spacial score (nSPS) is 11.2. The SMILES string of the molecule is CC(=O)CN(CC(=O)O)Cc1ccn(-c2cc(-c3ccccc3)cc(-n3ccc(CN(CC(=O)O)CC(=O)O)n3)n2)n1. The Kier molecular flexibility index (Phi) is 9.52. The maximum Gasteiger partial charge on any atom is 0.317 e. The van der Waals surface area contributed by atoms with Crippen molar-refractivity contribution in [1.29, 1.82) is 0 Å². The summed E-state index contributed by atoms with van der Waals surface area (Å²) in [6, 6.07) is 16.6. The number of ketones is 1. The molecule has 0 aliphatic carbocycles. The van der Waals surface area contributed by atoms with Gasteiger partial charge in [0.15, 0.2) is 11.6 Å². The molecule has 42 heavy (non-hydrogen) atoms. The standard InChI is InChI=1S/C28H29N7O7/c1-19(36)13-32(16-26(37)38)14-22-7-9-34(30-22)24-11-21(20-5-3-2-4-6-20)12-25(29-24)35-10-8-23(31-35)15-33(17-27(39)40)18-28(41)42/h2-12H,13-18H2,1H3,(H,37,38)(H,39,40)(H,41,42). The van der Waals surface area contributed by atoms with E-state index in [9.17, 15) is 24.3 Å². The molecule has 14 heteroatoms. The molecule has 0 atom stereocenters. The van der Waals surface area contributed by atoms with E-state index in [1.807, 2.05) is 42.5 Å². The van der Waals surface area contributed by atoms with Gasteiger partial charge in [-0.2, -0.15) is 10.2 Å². The number of carboxylic acids is 3. The van der Waals surface area contributed by atoms with E-state index >= 15 is 0 Å². The second kappa shape index (κ2) is 13.4. The second-order valence-corrected chi connectivity index (χ2v) is 9.62. The van der Waals surface area contributed by atoms with E-state index in [2.05, 4.69) is 10.2 Å². The Bertz CT molecular complexity index is 1460. The maximum atomic E-state index is 11.6. The molecular formula is C28H29N7O7. The molecule has 218 valence electrons. The van der Waals surface area contributed by atoms with Crippen LogP contribution in [0.1, 0.15) is 18.3 Å². The van der Waals surface area contributed by atoms with Gasteiger partial charge in [0, 0.05) is 25.5 Å². The van der Waals surface area contributed by atoms with Crippen molar-refractivity contribution in [1.82, 2.24) is 34.3 Å². The van der Waals surface area contributed by atoms with Crippen molar-refractivity contribution in [2.75, 3.05) is 26.2 Å². The molecule has 4 aromatic rings. The summed E-state index contributed by atoms with van der Waals surface area (Å²) in [6.07, 6.45) is 3.34. The zero-order valence-electron chi connectivity index (χ0n) is 22.7. The highest BCUT2D eigenvalue weighted by atomic mass is 16.4. The Hall–Kier alpha value is -5.21. The van der Waals surface area contributed by atoms with Crippen molar-refractivity contribution in [2.24, 2.45) is 0 Å². The van der Waals surface area contributed by atoms with Gasteiger partial charge in [-0.3, -0.25) is 29.0 Å². The smallest absolute Gasteiger partial charge is 0.317 e. The quantitative estimate of drug-likeness (QED) is 0.186. The van der Waals surface area contributed by atoms with Crippen LogP contribution in [-0.4, -0.2) is 99.5 Å². The Morgan fingerprint density at radius 3 is 1.55 bits per heavy atom. The van der Waals surface area contributed by atoms with Gasteiger partial charge < -0.3 is 15.3 Å². The number of carboxylic acid groups (broad SMARTS) is 3. The number of Topliss-reactive ketones (excluding diaryl/α,β-unsaturated/α-hetero) is 1. The summed E-state index contributed by atoms with van der Waals surface area (Å²) in [7, 11) is 0. The third-order valence-electron chi connectivity index (χ3n) is 5.96. The third kappa shape index (κ3) is 8.39. The number of hydrogen-bond donors (Lipinski definition) is 3. The average molecular weight is 576 g/mol. The molecule has 0 unspecified atom stereocenters. The highest BCUT2D eigenvalue weighted by Crippen LogP contribution is 2.24. The fourth-order valence-corrected chi connectivity index (χ4v) is 4.36. The Morgan fingerprint density at radius 2 is 1.12 bits per heavy atom. The number of nitrogens with zero attached hydrogens (tertiary/aromatic N) is 7. The van der Waals surface area contributed by atoms with E-state index in [-0.39, 0.29) is 32.0 Å². The van der Waals surface area contributed by atoms with Gasteiger partial charge in [0.2, 0.25) is 0 Å². The number of carbonyl (C=O) groups excluding carboxylic acids is 1. The van der Waals surface area contributed by atoms with Crippen molar-refractivity contribution in [3.05, 3.63) is 78.4 Å². The van der Waals surface area contributed by atoms with Gasteiger partial charge in [-0.1, -0.05) is 30.3 Å². The summed E-state index contributed by atoms with van der Waals surface area (Å²) < 4.78 is 3.06. The van der Waals surface area contributed by atoms with Crippen LogP contribution < -0.4 is 0 Å². The predicted octanol–water partition coefficient (Wildman–Crippen LogP) is 1.57. The Balaban J connectivity index is 1.66. The van der Waals surface area contributed by atoms with Crippen LogP contribution in [0.3, 0.4) is 0 Å². The van der Waals surface area contributed by atoms with E-state index in [0.29, 0.717) is 23.0 Å². The van der Waals surface area contributed by atoms with Gasteiger partial charge in [0.25, 0.3) is 0 Å². The molecule has 3 heterocycles. The molecule has 4 rings (SSSR count). The number of aliphatic carboxylic acids is 3. The molecule has 0 spiro atoms.